The van der Waals surface area contributed by atoms with Gasteiger partial charge in [-0.15, -0.1) is 11.3 Å². The Labute approximate surface area is 165 Å². The van der Waals surface area contributed by atoms with Gasteiger partial charge in [-0.25, -0.2) is 8.42 Å². The van der Waals surface area contributed by atoms with E-state index in [-0.39, 0.29) is 4.90 Å². The van der Waals surface area contributed by atoms with Gasteiger partial charge < -0.3 is 14.4 Å². The molecule has 2 aromatic rings. The number of hydrogen-bond donors (Lipinski definition) is 0. The minimum Gasteiger partial charge on any atom is -0.486 e. The van der Waals surface area contributed by atoms with Crippen molar-refractivity contribution in [3.05, 3.63) is 40.6 Å². The van der Waals surface area contributed by atoms with E-state index in [2.05, 4.69) is 18.7 Å². The lowest BCUT2D eigenvalue weighted by atomic mass is 10.3. The molecule has 0 unspecified atom stereocenters. The highest BCUT2D eigenvalue weighted by Gasteiger charge is 2.27. The summed E-state index contributed by atoms with van der Waals surface area (Å²) in [6.45, 7) is 8.38. The molecule has 0 amide bonds. The fourth-order valence-corrected chi connectivity index (χ4v) is 5.21. The molecule has 0 aliphatic carbocycles. The predicted molar refractivity (Wildman–Crippen MR) is 107 cm³/mol. The molecule has 3 rings (SSSR count). The van der Waals surface area contributed by atoms with Crippen LogP contribution in [0.3, 0.4) is 0 Å². The Kier molecular flexibility index (Phi) is 6.75. The second-order valence-corrected chi connectivity index (χ2v) is 9.22. The maximum absolute atomic E-state index is 13.3. The zero-order valence-electron chi connectivity index (χ0n) is 15.8. The molecule has 8 heteroatoms. The van der Waals surface area contributed by atoms with Gasteiger partial charge in [0.1, 0.15) is 13.2 Å². The molecular weight excluding hydrogens is 384 g/mol. The lowest BCUT2D eigenvalue weighted by Gasteiger charge is -2.26. The zero-order valence-corrected chi connectivity index (χ0v) is 17.4. The van der Waals surface area contributed by atoms with E-state index < -0.39 is 10.0 Å². The van der Waals surface area contributed by atoms with Crippen LogP contribution in [0.2, 0.25) is 0 Å². The molecule has 27 heavy (non-hydrogen) atoms. The molecule has 0 spiro atoms. The summed E-state index contributed by atoms with van der Waals surface area (Å²) in [6.07, 6.45) is 0. The van der Waals surface area contributed by atoms with Crippen molar-refractivity contribution in [1.29, 1.82) is 0 Å². The smallest absolute Gasteiger partial charge is 0.243 e. The summed E-state index contributed by atoms with van der Waals surface area (Å²) >= 11 is 1.57. The Bertz CT molecular complexity index is 833. The van der Waals surface area contributed by atoms with Crippen molar-refractivity contribution < 1.29 is 17.9 Å². The molecular formula is C19H26N2O4S2. The van der Waals surface area contributed by atoms with Crippen LogP contribution in [0.1, 0.15) is 18.7 Å². The summed E-state index contributed by atoms with van der Waals surface area (Å²) in [5.41, 5.74) is 0. The van der Waals surface area contributed by atoms with E-state index in [0.717, 1.165) is 18.0 Å². The first-order valence-electron chi connectivity index (χ1n) is 9.19. The standard InChI is InChI=1S/C19H26N2O4S2/c1-3-20(4-2)9-10-21(15-16-6-5-13-26-16)27(22,23)17-7-8-18-19(14-17)25-12-11-24-18/h5-8,13-14H,3-4,9-12,15H2,1-2H3. The average molecular weight is 411 g/mol. The van der Waals surface area contributed by atoms with Gasteiger partial charge in [-0.2, -0.15) is 4.31 Å². The van der Waals surface area contributed by atoms with Gasteiger partial charge in [0.2, 0.25) is 10.0 Å². The van der Waals surface area contributed by atoms with Crippen molar-refractivity contribution >= 4 is 21.4 Å². The van der Waals surface area contributed by atoms with Crippen molar-refractivity contribution in [3.8, 4) is 11.5 Å². The molecule has 6 nitrogen and oxygen atoms in total. The van der Waals surface area contributed by atoms with Gasteiger partial charge in [-0.3, -0.25) is 0 Å². The van der Waals surface area contributed by atoms with E-state index in [1.165, 1.54) is 0 Å². The molecule has 1 aliphatic heterocycles. The summed E-state index contributed by atoms with van der Waals surface area (Å²) in [4.78, 5) is 3.49. The fourth-order valence-electron chi connectivity index (χ4n) is 2.99. The Morgan fingerprint density at radius 2 is 1.78 bits per heavy atom. The highest BCUT2D eigenvalue weighted by atomic mass is 32.2. The minimum atomic E-state index is -3.64. The monoisotopic (exact) mass is 410 g/mol. The number of benzene rings is 1. The van der Waals surface area contributed by atoms with Crippen LogP contribution in [-0.2, 0) is 16.6 Å². The van der Waals surface area contributed by atoms with Crippen LogP contribution < -0.4 is 9.47 Å². The Hall–Kier alpha value is -1.61. The van der Waals surface area contributed by atoms with E-state index >= 15 is 0 Å². The molecule has 0 bridgehead atoms. The third-order valence-electron chi connectivity index (χ3n) is 4.62. The Morgan fingerprint density at radius 1 is 1.04 bits per heavy atom. The van der Waals surface area contributed by atoms with Gasteiger partial charge in [-0.05, 0) is 36.7 Å². The van der Waals surface area contributed by atoms with E-state index in [0.29, 0.717) is 44.3 Å². The summed E-state index contributed by atoms with van der Waals surface area (Å²) in [6, 6.07) is 8.76. The second-order valence-electron chi connectivity index (χ2n) is 6.25. The van der Waals surface area contributed by atoms with Gasteiger partial charge >= 0.3 is 0 Å². The van der Waals surface area contributed by atoms with Crippen molar-refractivity contribution in [2.24, 2.45) is 0 Å². The van der Waals surface area contributed by atoms with E-state index in [1.54, 1.807) is 33.8 Å². The van der Waals surface area contributed by atoms with Crippen molar-refractivity contribution in [2.75, 3.05) is 39.4 Å². The number of sulfonamides is 1. The van der Waals surface area contributed by atoms with Crippen molar-refractivity contribution in [2.45, 2.75) is 25.3 Å². The quantitative estimate of drug-likeness (QED) is 0.636. The molecule has 0 saturated heterocycles. The number of nitrogens with zero attached hydrogens (tertiary/aromatic N) is 2. The third kappa shape index (κ3) is 4.82. The van der Waals surface area contributed by atoms with E-state index in [9.17, 15) is 8.42 Å². The molecule has 1 aromatic heterocycles. The number of ether oxygens (including phenoxy) is 2. The molecule has 2 heterocycles. The summed E-state index contributed by atoms with van der Waals surface area (Å²) < 4.78 is 39.3. The number of fused-ring (bicyclic) bond motifs is 1. The van der Waals surface area contributed by atoms with Crippen LogP contribution in [0.5, 0.6) is 11.5 Å². The van der Waals surface area contributed by atoms with Gasteiger partial charge in [-0.1, -0.05) is 19.9 Å². The predicted octanol–water partition coefficient (Wildman–Crippen LogP) is 3.05. The molecule has 0 radical (unpaired) electrons. The molecule has 0 atom stereocenters. The maximum atomic E-state index is 13.3. The molecule has 0 N–H and O–H groups in total. The average Bonchev–Trinajstić information content (AvgIpc) is 3.20. The number of rotatable bonds is 9. The summed E-state index contributed by atoms with van der Waals surface area (Å²) in [7, 11) is -3.64. The lowest BCUT2D eigenvalue weighted by Crippen LogP contribution is -2.38. The van der Waals surface area contributed by atoms with Crippen LogP contribution in [0, 0.1) is 0 Å². The fraction of sp³-hybridized carbons (Fsp3) is 0.474. The van der Waals surface area contributed by atoms with E-state index in [4.69, 9.17) is 9.47 Å². The topological polar surface area (TPSA) is 59.1 Å². The minimum absolute atomic E-state index is 0.239. The van der Waals surface area contributed by atoms with Gasteiger partial charge in [0, 0.05) is 30.6 Å². The van der Waals surface area contributed by atoms with Crippen LogP contribution >= 0.6 is 11.3 Å². The Balaban J connectivity index is 1.86. The Morgan fingerprint density at radius 3 is 2.44 bits per heavy atom. The molecule has 0 fully saturated rings. The van der Waals surface area contributed by atoms with Crippen LogP contribution in [0.15, 0.2) is 40.6 Å². The number of thiophene rings is 1. The van der Waals surface area contributed by atoms with Crippen LogP contribution in [-0.4, -0.2) is 57.0 Å². The number of likely N-dealkylation sites (N-methyl/N-ethyl adjacent to an activating group) is 1. The van der Waals surface area contributed by atoms with Crippen molar-refractivity contribution in [3.63, 3.8) is 0 Å². The zero-order chi connectivity index (χ0) is 19.3. The molecule has 148 valence electrons. The SMILES string of the molecule is CCN(CC)CCN(Cc1cccs1)S(=O)(=O)c1ccc2c(c1)OCCO2. The largest absolute Gasteiger partial charge is 0.486 e. The molecule has 1 aliphatic rings. The highest BCUT2D eigenvalue weighted by Crippen LogP contribution is 2.33. The van der Waals surface area contributed by atoms with Crippen LogP contribution in [0.25, 0.3) is 0 Å². The van der Waals surface area contributed by atoms with Gasteiger partial charge in [0.15, 0.2) is 11.5 Å². The van der Waals surface area contributed by atoms with Crippen molar-refractivity contribution in [1.82, 2.24) is 9.21 Å². The maximum Gasteiger partial charge on any atom is 0.243 e. The molecule has 1 aromatic carbocycles. The normalized spacial score (nSPS) is 14.1. The molecule has 0 saturated carbocycles. The first kappa shape index (κ1) is 20.1. The van der Waals surface area contributed by atoms with Gasteiger partial charge in [0.25, 0.3) is 0 Å². The summed E-state index contributed by atoms with van der Waals surface area (Å²) in [5.74, 6) is 1.08. The highest BCUT2D eigenvalue weighted by molar-refractivity contribution is 7.89. The first-order valence-corrected chi connectivity index (χ1v) is 11.5. The number of hydrogen-bond acceptors (Lipinski definition) is 6. The first-order chi connectivity index (χ1) is 13.0. The van der Waals surface area contributed by atoms with E-state index in [1.807, 2.05) is 17.5 Å². The second kappa shape index (κ2) is 9.05. The lowest BCUT2D eigenvalue weighted by molar-refractivity contribution is 0.171. The van der Waals surface area contributed by atoms with Gasteiger partial charge in [0.05, 0.1) is 4.90 Å². The van der Waals surface area contributed by atoms with Crippen LogP contribution in [0.4, 0.5) is 0 Å². The summed E-state index contributed by atoms with van der Waals surface area (Å²) in [5, 5.41) is 1.97. The third-order valence-corrected chi connectivity index (χ3v) is 7.33.